The van der Waals surface area contributed by atoms with Crippen LogP contribution >= 0.6 is 0 Å². The normalized spacial score (nSPS) is 11.0. The van der Waals surface area contributed by atoms with Crippen molar-refractivity contribution in [3.8, 4) is 0 Å². The molecule has 1 heterocycles. The largest absolute Gasteiger partial charge is 0.369 e. The van der Waals surface area contributed by atoms with Crippen LogP contribution in [-0.4, -0.2) is 40.8 Å². The summed E-state index contributed by atoms with van der Waals surface area (Å²) in [5, 5.41) is 0. The van der Waals surface area contributed by atoms with Crippen LogP contribution in [0.4, 0.5) is 10.2 Å². The smallest absolute Gasteiger partial charge is 0.356 e. The van der Waals surface area contributed by atoms with Crippen molar-refractivity contribution in [3.63, 3.8) is 0 Å². The van der Waals surface area contributed by atoms with Crippen LogP contribution in [0.1, 0.15) is 21.5 Å². The number of carbonyl (C=O) groups excluding carboxylic acids is 1. The maximum atomic E-state index is 14.0. The van der Waals surface area contributed by atoms with Gasteiger partial charge in [-0.05, 0) is 25.5 Å². The van der Waals surface area contributed by atoms with Crippen molar-refractivity contribution >= 4 is 18.1 Å². The summed E-state index contributed by atoms with van der Waals surface area (Å²) < 4.78 is 14.7. The van der Waals surface area contributed by atoms with Crippen LogP contribution in [0.15, 0.2) is 34.2 Å². The van der Waals surface area contributed by atoms with Crippen LogP contribution in [0.2, 0.25) is 0 Å². The van der Waals surface area contributed by atoms with Gasteiger partial charge in [0.1, 0.15) is 0 Å². The Kier molecular flexibility index (Phi) is 4.68. The summed E-state index contributed by atoms with van der Waals surface area (Å²) in [5.74, 6) is -1.82. The average molecular weight is 316 g/mol. The summed E-state index contributed by atoms with van der Waals surface area (Å²) in [6, 6.07) is 5.18. The fraction of sp³-hybridized carbons (Fsp3) is 0.250. The number of carbonyl (C=O) groups is 1. The molecule has 6 nitrogen and oxygen atoms in total. The molecule has 0 saturated carbocycles. The van der Waals surface area contributed by atoms with Gasteiger partial charge in [0.05, 0.1) is 12.5 Å². The Hall–Kier alpha value is -2.83. The molecule has 0 aliphatic heterocycles. The first-order valence-corrected chi connectivity index (χ1v) is 6.91. The van der Waals surface area contributed by atoms with Crippen LogP contribution in [0.3, 0.4) is 0 Å². The zero-order valence-electron chi connectivity index (χ0n) is 13.4. The van der Waals surface area contributed by atoms with E-state index < -0.39 is 17.4 Å². The molecule has 7 heteroatoms. The lowest BCUT2D eigenvalue weighted by Crippen LogP contribution is -2.30. The fourth-order valence-electron chi connectivity index (χ4n) is 2.01. The van der Waals surface area contributed by atoms with Gasteiger partial charge in [0.15, 0.2) is 11.6 Å². The Bertz CT molecular complexity index is 840. The molecule has 120 valence electrons. The minimum Gasteiger partial charge on any atom is -0.369 e. The molecular weight excluding hydrogens is 299 g/mol. The summed E-state index contributed by atoms with van der Waals surface area (Å²) in [4.78, 5) is 33.3. The molecule has 0 bridgehead atoms. The molecule has 23 heavy (non-hydrogen) atoms. The number of aromatic nitrogens is 2. The highest BCUT2D eigenvalue weighted by atomic mass is 19.1. The molecule has 1 aromatic heterocycles. The van der Waals surface area contributed by atoms with Crippen molar-refractivity contribution in [3.05, 3.63) is 57.4 Å². The van der Waals surface area contributed by atoms with Gasteiger partial charge in [-0.15, -0.1) is 0 Å². The van der Waals surface area contributed by atoms with E-state index in [1.165, 1.54) is 6.34 Å². The molecular formula is C16H17FN4O2. The second kappa shape index (κ2) is 6.51. The van der Waals surface area contributed by atoms with E-state index in [1.807, 2.05) is 13.0 Å². The van der Waals surface area contributed by atoms with E-state index in [-0.39, 0.29) is 5.82 Å². The molecule has 0 saturated heterocycles. The highest BCUT2D eigenvalue weighted by molar-refractivity contribution is 5.97. The number of aryl methyl sites for hydroxylation is 2. The topological polar surface area (TPSA) is 67.6 Å². The maximum Gasteiger partial charge on any atom is 0.356 e. The number of aliphatic imine (C=N–C) groups is 1. The minimum absolute atomic E-state index is 0.323. The number of rotatable bonds is 3. The first-order chi connectivity index (χ1) is 10.8. The van der Waals surface area contributed by atoms with Gasteiger partial charge in [-0.2, -0.15) is 4.98 Å². The Morgan fingerprint density at radius 2 is 2.04 bits per heavy atom. The van der Waals surface area contributed by atoms with E-state index in [1.54, 1.807) is 38.1 Å². The number of nitrogens with zero attached hydrogens (tertiary/aromatic N) is 4. The lowest BCUT2D eigenvalue weighted by atomic mass is 10.1. The average Bonchev–Trinajstić information content (AvgIpc) is 2.47. The zero-order valence-corrected chi connectivity index (χ0v) is 13.4. The van der Waals surface area contributed by atoms with E-state index >= 15 is 0 Å². The Morgan fingerprint density at radius 1 is 1.35 bits per heavy atom. The third kappa shape index (κ3) is 3.68. The van der Waals surface area contributed by atoms with Gasteiger partial charge in [-0.25, -0.2) is 18.7 Å². The summed E-state index contributed by atoms with van der Waals surface area (Å²) in [7, 11) is 3.40. The zero-order chi connectivity index (χ0) is 17.1. The van der Waals surface area contributed by atoms with Gasteiger partial charge < -0.3 is 4.90 Å². The number of benzene rings is 1. The summed E-state index contributed by atoms with van der Waals surface area (Å²) in [5.41, 5.74) is 1.15. The van der Waals surface area contributed by atoms with Gasteiger partial charge in [0.2, 0.25) is 0 Å². The summed E-state index contributed by atoms with van der Waals surface area (Å²) >= 11 is 0. The Balaban J connectivity index is 2.46. The van der Waals surface area contributed by atoms with Crippen molar-refractivity contribution in [1.29, 1.82) is 0 Å². The molecule has 0 atom stereocenters. The molecule has 2 aromatic rings. The van der Waals surface area contributed by atoms with Crippen LogP contribution in [-0.2, 0) is 0 Å². The first kappa shape index (κ1) is 16.5. The number of hydrogen-bond acceptors (Lipinski definition) is 4. The molecule has 0 radical (unpaired) electrons. The van der Waals surface area contributed by atoms with Gasteiger partial charge in [-0.3, -0.25) is 4.79 Å². The molecule has 2 rings (SSSR count). The minimum atomic E-state index is -0.873. The predicted octanol–water partition coefficient (Wildman–Crippen LogP) is 1.91. The van der Waals surface area contributed by atoms with Crippen molar-refractivity contribution in [2.75, 3.05) is 14.1 Å². The first-order valence-electron chi connectivity index (χ1n) is 6.91. The third-order valence-corrected chi connectivity index (χ3v) is 3.11. The van der Waals surface area contributed by atoms with E-state index in [2.05, 4.69) is 9.98 Å². The van der Waals surface area contributed by atoms with E-state index in [0.717, 1.165) is 11.8 Å². The van der Waals surface area contributed by atoms with E-state index in [4.69, 9.17) is 0 Å². The van der Waals surface area contributed by atoms with Gasteiger partial charge >= 0.3 is 5.69 Å². The van der Waals surface area contributed by atoms with Crippen molar-refractivity contribution in [1.82, 2.24) is 14.5 Å². The number of halogens is 1. The lowest BCUT2D eigenvalue weighted by molar-refractivity contribution is 0.0952. The lowest BCUT2D eigenvalue weighted by Gasteiger charge is -2.08. The molecule has 0 amide bonds. The van der Waals surface area contributed by atoms with Crippen molar-refractivity contribution in [2.24, 2.45) is 4.99 Å². The van der Waals surface area contributed by atoms with Crippen LogP contribution in [0, 0.1) is 19.7 Å². The molecule has 0 unspecified atom stereocenters. The third-order valence-electron chi connectivity index (χ3n) is 3.11. The molecule has 0 N–H and O–H groups in total. The quantitative estimate of drug-likeness (QED) is 0.641. The second-order valence-electron chi connectivity index (χ2n) is 5.40. The van der Waals surface area contributed by atoms with Gasteiger partial charge in [-0.1, -0.05) is 17.7 Å². The summed E-state index contributed by atoms with van der Waals surface area (Å²) in [6.45, 7) is 3.65. The highest BCUT2D eigenvalue weighted by Crippen LogP contribution is 2.14. The SMILES string of the molecule is Cc1ccc(C(=O)n2cc(F)c(/N=C/N(C)C)nc2=O)c(C)c1. The van der Waals surface area contributed by atoms with Crippen molar-refractivity contribution in [2.45, 2.75) is 13.8 Å². The van der Waals surface area contributed by atoms with Gasteiger partial charge in [0, 0.05) is 19.7 Å². The maximum absolute atomic E-state index is 14.0. The van der Waals surface area contributed by atoms with Gasteiger partial charge in [0.25, 0.3) is 5.91 Å². The Morgan fingerprint density at radius 3 is 2.65 bits per heavy atom. The standard InChI is InChI=1S/C16H17FN4O2/c1-10-5-6-12(11(2)7-10)15(22)21-8-13(17)14(19-16(21)23)18-9-20(3)4/h5-9H,1-4H3/b18-9+. The van der Waals surface area contributed by atoms with E-state index in [9.17, 15) is 14.0 Å². The van der Waals surface area contributed by atoms with Crippen LogP contribution < -0.4 is 5.69 Å². The molecule has 1 aromatic carbocycles. The predicted molar refractivity (Wildman–Crippen MR) is 85.9 cm³/mol. The molecule has 0 aliphatic carbocycles. The monoisotopic (exact) mass is 316 g/mol. The van der Waals surface area contributed by atoms with Crippen LogP contribution in [0.25, 0.3) is 0 Å². The van der Waals surface area contributed by atoms with E-state index in [0.29, 0.717) is 15.7 Å². The van der Waals surface area contributed by atoms with Crippen molar-refractivity contribution < 1.29 is 9.18 Å². The molecule has 0 aliphatic rings. The summed E-state index contributed by atoms with van der Waals surface area (Å²) in [6.07, 6.45) is 2.14. The van der Waals surface area contributed by atoms with Crippen LogP contribution in [0.5, 0.6) is 0 Å². The highest BCUT2D eigenvalue weighted by Gasteiger charge is 2.16. The second-order valence-corrected chi connectivity index (χ2v) is 5.40. The molecule has 0 spiro atoms. The fourth-order valence-corrected chi connectivity index (χ4v) is 2.01. The molecule has 0 fully saturated rings. The Labute approximate surface area is 132 Å². The number of hydrogen-bond donors (Lipinski definition) is 0.